The second-order valence-corrected chi connectivity index (χ2v) is 4.99. The number of amides is 1. The van der Waals surface area contributed by atoms with Gasteiger partial charge in [0.15, 0.2) is 5.82 Å². The number of halogens is 1. The van der Waals surface area contributed by atoms with Crippen LogP contribution < -0.4 is 15.6 Å². The Kier molecular flexibility index (Phi) is 3.93. The summed E-state index contributed by atoms with van der Waals surface area (Å²) in [5, 5.41) is 6.69. The molecular formula is C12H13BrN4O3. The van der Waals surface area contributed by atoms with Gasteiger partial charge in [-0.3, -0.25) is 9.59 Å². The topological polar surface area (TPSA) is 78.2 Å². The van der Waals surface area contributed by atoms with E-state index in [1.165, 1.54) is 28.6 Å². The molecule has 0 saturated carbocycles. The van der Waals surface area contributed by atoms with Gasteiger partial charge in [0.05, 0.1) is 12.7 Å². The van der Waals surface area contributed by atoms with Crippen LogP contribution in [0.1, 0.15) is 10.4 Å². The molecule has 0 atom stereocenters. The minimum Gasteiger partial charge on any atom is -0.481 e. The fraction of sp³-hybridized carbons (Fsp3) is 0.250. The third-order valence-electron chi connectivity index (χ3n) is 2.71. The number of carbonyl (C=O) groups is 1. The molecule has 0 aliphatic heterocycles. The molecule has 0 spiro atoms. The van der Waals surface area contributed by atoms with E-state index in [0.29, 0.717) is 16.2 Å². The normalized spacial score (nSPS) is 10.4. The second-order valence-electron chi connectivity index (χ2n) is 4.13. The molecule has 0 unspecified atom stereocenters. The quantitative estimate of drug-likeness (QED) is 0.908. The largest absolute Gasteiger partial charge is 0.481 e. The fourth-order valence-electron chi connectivity index (χ4n) is 1.66. The van der Waals surface area contributed by atoms with Gasteiger partial charge in [0.1, 0.15) is 0 Å². The van der Waals surface area contributed by atoms with E-state index in [-0.39, 0.29) is 11.1 Å². The number of ether oxygens (including phenoxy) is 1. The minimum absolute atomic E-state index is 0.248. The molecule has 106 valence electrons. The van der Waals surface area contributed by atoms with Crippen LogP contribution >= 0.6 is 15.9 Å². The zero-order chi connectivity index (χ0) is 14.9. The van der Waals surface area contributed by atoms with E-state index in [0.717, 1.165) is 0 Å². The molecular weight excluding hydrogens is 328 g/mol. The van der Waals surface area contributed by atoms with Gasteiger partial charge in [-0.25, -0.2) is 4.68 Å². The Morgan fingerprint density at radius 1 is 1.40 bits per heavy atom. The first kappa shape index (κ1) is 14.3. The highest BCUT2D eigenvalue weighted by molar-refractivity contribution is 9.10. The lowest BCUT2D eigenvalue weighted by Gasteiger charge is -2.05. The summed E-state index contributed by atoms with van der Waals surface area (Å²) in [6, 6.07) is 2.85. The van der Waals surface area contributed by atoms with Gasteiger partial charge in [0.2, 0.25) is 5.88 Å². The van der Waals surface area contributed by atoms with Gasteiger partial charge in [0, 0.05) is 36.9 Å². The van der Waals surface area contributed by atoms with Gasteiger partial charge in [0.25, 0.3) is 11.5 Å². The van der Waals surface area contributed by atoms with Gasteiger partial charge in [-0.1, -0.05) is 0 Å². The summed E-state index contributed by atoms with van der Waals surface area (Å²) in [5.41, 5.74) is -0.0188. The first-order valence-electron chi connectivity index (χ1n) is 5.68. The molecule has 1 amide bonds. The molecule has 1 N–H and O–H groups in total. The van der Waals surface area contributed by atoms with Gasteiger partial charge < -0.3 is 14.6 Å². The van der Waals surface area contributed by atoms with Crippen LogP contribution in [0.4, 0.5) is 5.82 Å². The summed E-state index contributed by atoms with van der Waals surface area (Å²) in [4.78, 5) is 23.7. The minimum atomic E-state index is -0.421. The Bertz CT molecular complexity index is 720. The molecule has 0 fully saturated rings. The Balaban J connectivity index is 2.28. The van der Waals surface area contributed by atoms with Crippen LogP contribution in [0.3, 0.4) is 0 Å². The Morgan fingerprint density at radius 2 is 2.10 bits per heavy atom. The smallest absolute Gasteiger partial charge is 0.258 e. The SMILES string of the molecule is COc1cc(NC(=O)c2cc(=O)n(C)cc2Br)nn1C. The molecule has 2 rings (SSSR count). The number of nitrogens with one attached hydrogen (secondary N) is 1. The molecule has 2 aromatic rings. The van der Waals surface area contributed by atoms with Crippen molar-refractivity contribution in [3.63, 3.8) is 0 Å². The van der Waals surface area contributed by atoms with Gasteiger partial charge in [-0.2, -0.15) is 5.10 Å². The maximum atomic E-state index is 12.1. The summed E-state index contributed by atoms with van der Waals surface area (Å²) >= 11 is 3.26. The van der Waals surface area contributed by atoms with E-state index >= 15 is 0 Å². The summed E-state index contributed by atoms with van der Waals surface area (Å²) in [6.07, 6.45) is 1.54. The summed E-state index contributed by atoms with van der Waals surface area (Å²) in [6.45, 7) is 0. The number of aromatic nitrogens is 3. The van der Waals surface area contributed by atoms with Gasteiger partial charge >= 0.3 is 0 Å². The van der Waals surface area contributed by atoms with Crippen LogP contribution in [0, 0.1) is 0 Å². The first-order valence-corrected chi connectivity index (χ1v) is 6.47. The highest BCUT2D eigenvalue weighted by atomic mass is 79.9. The maximum absolute atomic E-state index is 12.1. The zero-order valence-electron chi connectivity index (χ0n) is 11.2. The molecule has 0 bridgehead atoms. The number of rotatable bonds is 3. The summed E-state index contributed by atoms with van der Waals surface area (Å²) in [5.74, 6) is 0.445. The van der Waals surface area contributed by atoms with Gasteiger partial charge in [-0.05, 0) is 15.9 Å². The number of hydrogen-bond acceptors (Lipinski definition) is 4. The number of nitrogens with zero attached hydrogens (tertiary/aromatic N) is 3. The zero-order valence-corrected chi connectivity index (χ0v) is 12.8. The average Bonchev–Trinajstić information content (AvgIpc) is 2.73. The third-order valence-corrected chi connectivity index (χ3v) is 3.34. The fourth-order valence-corrected chi connectivity index (χ4v) is 2.26. The molecule has 2 aromatic heterocycles. The Hall–Kier alpha value is -2.09. The number of aryl methyl sites for hydroxylation is 2. The molecule has 0 aromatic carbocycles. The first-order chi connectivity index (χ1) is 9.42. The van der Waals surface area contributed by atoms with Crippen molar-refractivity contribution >= 4 is 27.7 Å². The van der Waals surface area contributed by atoms with Crippen molar-refractivity contribution in [2.75, 3.05) is 12.4 Å². The average molecular weight is 341 g/mol. The van der Waals surface area contributed by atoms with Crippen LogP contribution in [-0.4, -0.2) is 27.4 Å². The molecule has 20 heavy (non-hydrogen) atoms. The Morgan fingerprint density at radius 3 is 2.70 bits per heavy atom. The third kappa shape index (κ3) is 2.74. The van der Waals surface area contributed by atoms with E-state index in [1.54, 1.807) is 20.2 Å². The highest BCUT2D eigenvalue weighted by Crippen LogP contribution is 2.18. The molecule has 7 nitrogen and oxygen atoms in total. The van der Waals surface area contributed by atoms with Crippen LogP contribution in [-0.2, 0) is 14.1 Å². The lowest BCUT2D eigenvalue weighted by atomic mass is 10.2. The lowest BCUT2D eigenvalue weighted by Crippen LogP contribution is -2.21. The molecule has 0 saturated heterocycles. The van der Waals surface area contributed by atoms with Crippen molar-refractivity contribution in [1.82, 2.24) is 14.3 Å². The second kappa shape index (κ2) is 5.49. The summed E-state index contributed by atoms with van der Waals surface area (Å²) < 4.78 is 8.46. The standard InChI is InChI=1S/C12H13BrN4O3/c1-16-6-8(13)7(4-10(16)18)12(19)14-9-5-11(20-3)17(2)15-9/h4-6H,1-3H3,(H,14,15,19). The van der Waals surface area contributed by atoms with E-state index < -0.39 is 5.91 Å². The van der Waals surface area contributed by atoms with Crippen LogP contribution in [0.2, 0.25) is 0 Å². The van der Waals surface area contributed by atoms with E-state index in [2.05, 4.69) is 26.3 Å². The van der Waals surface area contributed by atoms with Crippen molar-refractivity contribution in [2.45, 2.75) is 0 Å². The monoisotopic (exact) mass is 340 g/mol. The van der Waals surface area contributed by atoms with Crippen LogP contribution in [0.5, 0.6) is 5.88 Å². The summed E-state index contributed by atoms with van der Waals surface area (Å²) in [7, 11) is 4.82. The predicted octanol–water partition coefficient (Wildman–Crippen LogP) is 1.14. The van der Waals surface area contributed by atoms with E-state index in [1.807, 2.05) is 0 Å². The van der Waals surface area contributed by atoms with Crippen LogP contribution in [0.25, 0.3) is 0 Å². The molecule has 8 heteroatoms. The maximum Gasteiger partial charge on any atom is 0.258 e. The van der Waals surface area contributed by atoms with Crippen molar-refractivity contribution < 1.29 is 9.53 Å². The van der Waals surface area contributed by atoms with Crippen molar-refractivity contribution in [3.05, 3.63) is 38.7 Å². The van der Waals surface area contributed by atoms with E-state index in [4.69, 9.17) is 4.74 Å². The number of anilines is 1. The molecule has 0 aliphatic rings. The highest BCUT2D eigenvalue weighted by Gasteiger charge is 2.14. The lowest BCUT2D eigenvalue weighted by molar-refractivity contribution is 0.102. The number of pyridine rings is 1. The molecule has 2 heterocycles. The Labute approximate surface area is 123 Å². The number of hydrogen-bond donors (Lipinski definition) is 1. The molecule has 0 radical (unpaired) electrons. The number of carbonyl (C=O) groups excluding carboxylic acids is 1. The van der Waals surface area contributed by atoms with Crippen molar-refractivity contribution in [2.24, 2.45) is 14.1 Å². The predicted molar refractivity (Wildman–Crippen MR) is 77.1 cm³/mol. The van der Waals surface area contributed by atoms with Crippen LogP contribution in [0.15, 0.2) is 27.6 Å². The van der Waals surface area contributed by atoms with Gasteiger partial charge in [-0.15, -0.1) is 0 Å². The number of methoxy groups -OCH3 is 1. The van der Waals surface area contributed by atoms with Crippen molar-refractivity contribution in [1.29, 1.82) is 0 Å². The molecule has 0 aliphatic carbocycles. The van der Waals surface area contributed by atoms with E-state index in [9.17, 15) is 9.59 Å². The van der Waals surface area contributed by atoms with Crippen molar-refractivity contribution in [3.8, 4) is 5.88 Å².